The smallest absolute Gasteiger partial charge is 0.0818 e. The number of nitrogen functional groups attached to an aromatic ring is 1. The van der Waals surface area contributed by atoms with E-state index in [1.807, 2.05) is 29.1 Å². The molecule has 0 saturated heterocycles. The highest BCUT2D eigenvalue weighted by Crippen LogP contribution is 2.26. The van der Waals surface area contributed by atoms with Crippen molar-refractivity contribution in [2.45, 2.75) is 4.90 Å². The van der Waals surface area contributed by atoms with E-state index in [9.17, 15) is 0 Å². The van der Waals surface area contributed by atoms with Crippen LogP contribution in [-0.4, -0.2) is 15.9 Å². The summed E-state index contributed by atoms with van der Waals surface area (Å²) < 4.78 is 1.82. The van der Waals surface area contributed by atoms with Crippen molar-refractivity contribution in [2.24, 2.45) is 0 Å². The summed E-state index contributed by atoms with van der Waals surface area (Å²) in [5.41, 5.74) is 7.68. The first-order valence-corrected chi connectivity index (χ1v) is 4.81. The van der Waals surface area contributed by atoms with E-state index in [4.69, 9.17) is 5.73 Å². The number of nitrogens with zero attached hydrogens (tertiary/aromatic N) is 2. The molecule has 0 aliphatic rings. The number of nitrogens with two attached hydrogens (primary N) is 1. The zero-order valence-corrected chi connectivity index (χ0v) is 7.51. The van der Waals surface area contributed by atoms with Crippen molar-refractivity contribution < 1.29 is 0 Å². The molecule has 0 amide bonds. The molecule has 0 unspecified atom stereocenters. The molecule has 62 valence electrons. The monoisotopic (exact) mass is 179 g/mol. The van der Waals surface area contributed by atoms with Crippen LogP contribution >= 0.6 is 11.8 Å². The summed E-state index contributed by atoms with van der Waals surface area (Å²) in [6.45, 7) is 0. The molecule has 0 fully saturated rings. The lowest BCUT2D eigenvalue weighted by atomic mass is 10.3. The molecular weight excluding hydrogens is 170 g/mol. The largest absolute Gasteiger partial charge is 0.398 e. The number of rotatable bonds is 1. The van der Waals surface area contributed by atoms with Crippen molar-refractivity contribution in [3.05, 3.63) is 24.5 Å². The maximum Gasteiger partial charge on any atom is 0.0818 e. The first-order chi connectivity index (χ1) is 5.83. The van der Waals surface area contributed by atoms with Gasteiger partial charge in [0, 0.05) is 11.9 Å². The van der Waals surface area contributed by atoms with Gasteiger partial charge in [0.05, 0.1) is 16.6 Å². The second-order valence-electron chi connectivity index (χ2n) is 2.47. The van der Waals surface area contributed by atoms with Gasteiger partial charge in [0.1, 0.15) is 0 Å². The van der Waals surface area contributed by atoms with E-state index in [0.29, 0.717) is 0 Å². The number of thioether (sulfide) groups is 1. The minimum Gasteiger partial charge on any atom is -0.398 e. The average molecular weight is 179 g/mol. The lowest BCUT2D eigenvalue weighted by molar-refractivity contribution is 0.951. The van der Waals surface area contributed by atoms with Crippen molar-refractivity contribution in [3.8, 4) is 0 Å². The molecule has 0 saturated carbocycles. The van der Waals surface area contributed by atoms with Crippen LogP contribution in [-0.2, 0) is 0 Å². The zero-order chi connectivity index (χ0) is 8.55. The number of pyridine rings is 1. The second-order valence-corrected chi connectivity index (χ2v) is 3.28. The van der Waals surface area contributed by atoms with Gasteiger partial charge in [0.2, 0.25) is 0 Å². The molecule has 0 bridgehead atoms. The van der Waals surface area contributed by atoms with Crippen molar-refractivity contribution >= 4 is 23.0 Å². The summed E-state index contributed by atoms with van der Waals surface area (Å²) in [6.07, 6.45) is 5.65. The minimum absolute atomic E-state index is 0.815. The molecule has 2 aromatic rings. The highest BCUT2D eigenvalue weighted by atomic mass is 32.2. The molecule has 2 heterocycles. The Morgan fingerprint density at radius 3 is 3.08 bits per heavy atom. The molecule has 3 nitrogen and oxygen atoms in total. The molecule has 0 radical (unpaired) electrons. The molecule has 0 aliphatic heterocycles. The third kappa shape index (κ3) is 0.956. The Kier molecular flexibility index (Phi) is 1.69. The van der Waals surface area contributed by atoms with Crippen molar-refractivity contribution in [1.82, 2.24) is 9.61 Å². The lowest BCUT2D eigenvalue weighted by Gasteiger charge is -2.03. The first-order valence-electron chi connectivity index (χ1n) is 3.59. The van der Waals surface area contributed by atoms with Gasteiger partial charge in [-0.3, -0.25) is 0 Å². The summed E-state index contributed by atoms with van der Waals surface area (Å²) in [6, 6.07) is 3.83. The van der Waals surface area contributed by atoms with E-state index < -0.39 is 0 Å². The van der Waals surface area contributed by atoms with E-state index >= 15 is 0 Å². The van der Waals surface area contributed by atoms with E-state index in [-0.39, 0.29) is 0 Å². The highest BCUT2D eigenvalue weighted by Gasteiger charge is 2.03. The molecule has 12 heavy (non-hydrogen) atoms. The van der Waals surface area contributed by atoms with E-state index in [2.05, 4.69) is 5.10 Å². The predicted octanol–water partition coefficient (Wildman–Crippen LogP) is 1.64. The number of fused-ring (bicyclic) bond motifs is 1. The van der Waals surface area contributed by atoms with Gasteiger partial charge in [-0.1, -0.05) is 0 Å². The van der Waals surface area contributed by atoms with Gasteiger partial charge in [-0.15, -0.1) is 11.8 Å². The molecule has 0 aromatic carbocycles. The van der Waals surface area contributed by atoms with Gasteiger partial charge in [-0.2, -0.15) is 5.10 Å². The van der Waals surface area contributed by atoms with Crippen LogP contribution in [0.1, 0.15) is 0 Å². The normalized spacial score (nSPS) is 10.8. The van der Waals surface area contributed by atoms with Crippen LogP contribution in [0.25, 0.3) is 5.52 Å². The van der Waals surface area contributed by atoms with Gasteiger partial charge in [0.15, 0.2) is 0 Å². The Labute approximate surface area is 74.6 Å². The van der Waals surface area contributed by atoms with Crippen LogP contribution in [0.15, 0.2) is 29.4 Å². The number of hydrogen-bond donors (Lipinski definition) is 1. The van der Waals surface area contributed by atoms with E-state index in [0.717, 1.165) is 16.1 Å². The molecule has 2 aromatic heterocycles. The van der Waals surface area contributed by atoms with E-state index in [1.54, 1.807) is 18.0 Å². The van der Waals surface area contributed by atoms with Crippen LogP contribution in [0.2, 0.25) is 0 Å². The third-order valence-corrected chi connectivity index (χ3v) is 2.62. The summed E-state index contributed by atoms with van der Waals surface area (Å²) >= 11 is 1.64. The Bertz CT molecular complexity index is 408. The number of aromatic nitrogens is 2. The van der Waals surface area contributed by atoms with Gasteiger partial charge in [-0.25, -0.2) is 4.52 Å². The zero-order valence-electron chi connectivity index (χ0n) is 6.69. The fourth-order valence-electron chi connectivity index (χ4n) is 1.21. The maximum atomic E-state index is 5.79. The molecule has 2 N–H and O–H groups in total. The molecule has 0 atom stereocenters. The summed E-state index contributed by atoms with van der Waals surface area (Å²) in [4.78, 5) is 1.09. The van der Waals surface area contributed by atoms with Gasteiger partial charge >= 0.3 is 0 Å². The average Bonchev–Trinajstić information content (AvgIpc) is 2.52. The van der Waals surface area contributed by atoms with Crippen LogP contribution in [0.5, 0.6) is 0 Å². The Hall–Kier alpha value is -1.16. The highest BCUT2D eigenvalue weighted by molar-refractivity contribution is 7.99. The van der Waals surface area contributed by atoms with E-state index in [1.165, 1.54) is 0 Å². The minimum atomic E-state index is 0.815. The fourth-order valence-corrected chi connectivity index (χ4v) is 1.88. The summed E-state index contributed by atoms with van der Waals surface area (Å²) in [5.74, 6) is 0. The maximum absolute atomic E-state index is 5.79. The molecule has 2 rings (SSSR count). The predicted molar refractivity (Wildman–Crippen MR) is 51.4 cm³/mol. The summed E-state index contributed by atoms with van der Waals surface area (Å²) in [5, 5.41) is 4.12. The first kappa shape index (κ1) is 7.49. The fraction of sp³-hybridized carbons (Fsp3) is 0.125. The Morgan fingerprint density at radius 1 is 1.50 bits per heavy atom. The third-order valence-electron chi connectivity index (χ3n) is 1.76. The Balaban J connectivity index is 2.83. The van der Waals surface area contributed by atoms with Crippen LogP contribution in [0, 0.1) is 0 Å². The van der Waals surface area contributed by atoms with Crippen molar-refractivity contribution in [3.63, 3.8) is 0 Å². The van der Waals surface area contributed by atoms with Crippen LogP contribution in [0.4, 0.5) is 5.69 Å². The second kappa shape index (κ2) is 2.71. The lowest BCUT2D eigenvalue weighted by Crippen LogP contribution is -1.93. The molecule has 0 spiro atoms. The molecule has 0 aliphatic carbocycles. The van der Waals surface area contributed by atoms with Gasteiger partial charge < -0.3 is 5.73 Å². The Morgan fingerprint density at radius 2 is 2.33 bits per heavy atom. The SMILES string of the molecule is CSc1c(N)ccn2nccc12. The van der Waals surface area contributed by atoms with Gasteiger partial charge in [-0.05, 0) is 18.4 Å². The van der Waals surface area contributed by atoms with Crippen LogP contribution in [0.3, 0.4) is 0 Å². The summed E-state index contributed by atoms with van der Waals surface area (Å²) in [7, 11) is 0. The molecular formula is C8H9N3S. The molecule has 4 heteroatoms. The van der Waals surface area contributed by atoms with Crippen LogP contribution < -0.4 is 5.73 Å². The number of anilines is 1. The quantitative estimate of drug-likeness (QED) is 0.677. The standard InChI is InChI=1S/C8H9N3S/c1-12-8-6(9)3-5-11-7(8)2-4-10-11/h2-5H,9H2,1H3. The topological polar surface area (TPSA) is 43.3 Å². The van der Waals surface area contributed by atoms with Crippen molar-refractivity contribution in [2.75, 3.05) is 12.0 Å². The van der Waals surface area contributed by atoms with Crippen molar-refractivity contribution in [1.29, 1.82) is 0 Å². The van der Waals surface area contributed by atoms with Gasteiger partial charge in [0.25, 0.3) is 0 Å². The number of hydrogen-bond acceptors (Lipinski definition) is 3.